The Balaban J connectivity index is 1.54. The topological polar surface area (TPSA) is 48.0 Å². The molecule has 4 aromatic rings. The highest BCUT2D eigenvalue weighted by Gasteiger charge is 2.36. The maximum atomic E-state index is 14.0. The van der Waals surface area contributed by atoms with E-state index >= 15 is 0 Å². The molecule has 0 aliphatic heterocycles. The Labute approximate surface area is 217 Å². The van der Waals surface area contributed by atoms with Crippen LogP contribution in [-0.2, 0) is 14.9 Å². The Morgan fingerprint density at radius 2 is 1.17 bits per heavy atom. The monoisotopic (exact) mass is 521 g/mol. The first-order chi connectivity index (χ1) is 17.4. The molecule has 5 nitrogen and oxygen atoms in total. The third-order valence-electron chi connectivity index (χ3n) is 5.87. The van der Waals surface area contributed by atoms with Gasteiger partial charge in [-0.25, -0.2) is 4.57 Å². The zero-order chi connectivity index (χ0) is 25.4. The average Bonchev–Trinajstić information content (AvgIpc) is 2.90. The third-order valence-corrected chi connectivity index (χ3v) is 8.04. The largest absolute Gasteiger partial charge is 0.515 e. The van der Waals surface area contributed by atoms with Crippen molar-refractivity contribution in [1.29, 1.82) is 0 Å². The summed E-state index contributed by atoms with van der Waals surface area (Å²) in [6, 6.07) is 35.6. The summed E-state index contributed by atoms with van der Waals surface area (Å²) in [7, 11) is -2.04. The summed E-state index contributed by atoms with van der Waals surface area (Å²) in [6.45, 7) is 2.59. The zero-order valence-corrected chi connectivity index (χ0v) is 21.9. The SMILES string of the molecule is CN(CCOC(C)(c1ccccc1)c1ccc(Cl)cc1)P(=O)(Oc1ccccc1)Oc1ccccc1. The fourth-order valence-electron chi connectivity index (χ4n) is 3.75. The quantitative estimate of drug-likeness (QED) is 0.188. The average molecular weight is 522 g/mol. The molecule has 0 bridgehead atoms. The molecule has 0 aromatic heterocycles. The van der Waals surface area contributed by atoms with Gasteiger partial charge in [0.1, 0.15) is 17.1 Å². The van der Waals surface area contributed by atoms with Crippen molar-refractivity contribution in [2.45, 2.75) is 12.5 Å². The number of likely N-dealkylation sites (N-methyl/N-ethyl adjacent to an activating group) is 1. The third kappa shape index (κ3) is 6.37. The van der Waals surface area contributed by atoms with Gasteiger partial charge in [-0.05, 0) is 61.5 Å². The van der Waals surface area contributed by atoms with Crippen molar-refractivity contribution in [1.82, 2.24) is 4.67 Å². The van der Waals surface area contributed by atoms with Crippen molar-refractivity contribution in [2.24, 2.45) is 0 Å². The maximum Gasteiger partial charge on any atom is 0.515 e. The fraction of sp³-hybridized carbons (Fsp3) is 0.172. The standard InChI is InChI=1S/C29H29ClNO4P/c1-29(24-12-6-3-7-13-24,25-18-20-26(30)21-19-25)33-23-22-31(2)36(32,34-27-14-8-4-9-15-27)35-28-16-10-5-11-17-28/h3-21H,22-23H2,1-2H3. The van der Waals surface area contributed by atoms with Crippen molar-refractivity contribution in [3.8, 4) is 11.5 Å². The molecule has 186 valence electrons. The predicted octanol–water partition coefficient (Wildman–Crippen LogP) is 7.82. The first-order valence-electron chi connectivity index (χ1n) is 11.7. The van der Waals surface area contributed by atoms with Gasteiger partial charge in [-0.3, -0.25) is 0 Å². The smallest absolute Gasteiger partial charge is 0.404 e. The van der Waals surface area contributed by atoms with Gasteiger partial charge in [0, 0.05) is 11.6 Å². The number of ether oxygens (including phenoxy) is 1. The number of hydrogen-bond acceptors (Lipinski definition) is 4. The van der Waals surface area contributed by atoms with Crippen LogP contribution in [0.4, 0.5) is 0 Å². The van der Waals surface area contributed by atoms with E-state index in [0.717, 1.165) is 11.1 Å². The molecule has 7 heteroatoms. The number of nitrogens with zero attached hydrogens (tertiary/aromatic N) is 1. The van der Waals surface area contributed by atoms with Gasteiger partial charge in [0.25, 0.3) is 0 Å². The maximum absolute atomic E-state index is 14.0. The van der Waals surface area contributed by atoms with Crippen molar-refractivity contribution >= 4 is 19.3 Å². The number of para-hydroxylation sites is 2. The van der Waals surface area contributed by atoms with Crippen molar-refractivity contribution in [2.75, 3.05) is 20.2 Å². The number of rotatable bonds is 11. The highest BCUT2D eigenvalue weighted by atomic mass is 35.5. The van der Waals surface area contributed by atoms with E-state index in [1.807, 2.05) is 97.9 Å². The van der Waals surface area contributed by atoms with Crippen LogP contribution in [0.25, 0.3) is 0 Å². The van der Waals surface area contributed by atoms with Gasteiger partial charge in [0.2, 0.25) is 0 Å². The van der Waals surface area contributed by atoms with E-state index < -0.39 is 13.3 Å². The molecular weight excluding hydrogens is 493 g/mol. The summed E-state index contributed by atoms with van der Waals surface area (Å²) in [5.74, 6) is 0.916. The van der Waals surface area contributed by atoms with E-state index in [1.54, 1.807) is 36.0 Å². The molecule has 1 atom stereocenters. The van der Waals surface area contributed by atoms with Crippen LogP contribution in [0.15, 0.2) is 115 Å². The van der Waals surface area contributed by atoms with Crippen LogP contribution in [0.5, 0.6) is 11.5 Å². The Hall–Kier alpha value is -3.08. The minimum atomic E-state index is -3.75. The molecule has 0 saturated carbocycles. The zero-order valence-electron chi connectivity index (χ0n) is 20.3. The van der Waals surface area contributed by atoms with Crippen LogP contribution in [0.1, 0.15) is 18.1 Å². The second-order valence-electron chi connectivity index (χ2n) is 8.41. The molecule has 36 heavy (non-hydrogen) atoms. The van der Waals surface area contributed by atoms with Crippen LogP contribution in [0, 0.1) is 0 Å². The minimum Gasteiger partial charge on any atom is -0.404 e. The summed E-state index contributed by atoms with van der Waals surface area (Å²) >= 11 is 6.13. The van der Waals surface area contributed by atoms with Gasteiger partial charge in [-0.15, -0.1) is 0 Å². The van der Waals surface area contributed by atoms with E-state index in [2.05, 4.69) is 0 Å². The van der Waals surface area contributed by atoms with Crippen molar-refractivity contribution in [3.63, 3.8) is 0 Å². The number of halogens is 1. The highest BCUT2D eigenvalue weighted by Crippen LogP contribution is 2.51. The molecule has 0 fully saturated rings. The second kappa shape index (κ2) is 11.8. The lowest BCUT2D eigenvalue weighted by atomic mass is 9.88. The second-order valence-corrected chi connectivity index (χ2v) is 10.8. The van der Waals surface area contributed by atoms with E-state index in [1.165, 1.54) is 0 Å². The van der Waals surface area contributed by atoms with Crippen LogP contribution in [0.2, 0.25) is 5.02 Å². The summed E-state index contributed by atoms with van der Waals surface area (Å²) in [4.78, 5) is 0. The molecule has 0 N–H and O–H groups in total. The van der Waals surface area contributed by atoms with E-state index in [9.17, 15) is 4.57 Å². The van der Waals surface area contributed by atoms with Crippen LogP contribution >= 0.6 is 19.3 Å². The van der Waals surface area contributed by atoms with Gasteiger partial charge in [-0.2, -0.15) is 4.67 Å². The van der Waals surface area contributed by atoms with Crippen molar-refractivity contribution in [3.05, 3.63) is 131 Å². The number of hydrogen-bond donors (Lipinski definition) is 0. The molecule has 0 saturated heterocycles. The van der Waals surface area contributed by atoms with Gasteiger partial charge in [0.05, 0.1) is 6.61 Å². The molecule has 1 unspecified atom stereocenters. The van der Waals surface area contributed by atoms with Crippen molar-refractivity contribution < 1.29 is 18.3 Å². The lowest BCUT2D eigenvalue weighted by Crippen LogP contribution is -2.32. The Morgan fingerprint density at radius 3 is 1.67 bits per heavy atom. The molecule has 0 spiro atoms. The Morgan fingerprint density at radius 1 is 0.722 bits per heavy atom. The molecular formula is C29H29ClNO4P. The van der Waals surface area contributed by atoms with Gasteiger partial charge < -0.3 is 13.8 Å². The summed E-state index contributed by atoms with van der Waals surface area (Å²) < 4.78 is 33.9. The van der Waals surface area contributed by atoms with E-state index in [0.29, 0.717) is 23.1 Å². The molecule has 0 aliphatic carbocycles. The molecule has 4 rings (SSSR count). The Bertz CT molecular complexity index is 1230. The number of benzene rings is 4. The van der Waals surface area contributed by atoms with E-state index in [4.69, 9.17) is 25.4 Å². The molecule has 0 aliphatic rings. The Kier molecular flexibility index (Phi) is 8.50. The van der Waals surface area contributed by atoms with Crippen LogP contribution < -0.4 is 9.05 Å². The summed E-state index contributed by atoms with van der Waals surface area (Å²) in [5, 5.41) is 0.658. The summed E-state index contributed by atoms with van der Waals surface area (Å²) in [6.07, 6.45) is 0. The predicted molar refractivity (Wildman–Crippen MR) is 145 cm³/mol. The van der Waals surface area contributed by atoms with Gasteiger partial charge in [0.15, 0.2) is 0 Å². The van der Waals surface area contributed by atoms with Gasteiger partial charge >= 0.3 is 7.75 Å². The first kappa shape index (κ1) is 26.0. The highest BCUT2D eigenvalue weighted by molar-refractivity contribution is 7.52. The van der Waals surface area contributed by atoms with Gasteiger partial charge in [-0.1, -0.05) is 90.5 Å². The fourth-order valence-corrected chi connectivity index (χ4v) is 5.29. The minimum absolute atomic E-state index is 0.269. The van der Waals surface area contributed by atoms with Crippen LogP contribution in [-0.4, -0.2) is 24.9 Å². The lowest BCUT2D eigenvalue weighted by Gasteiger charge is -2.33. The molecule has 0 amide bonds. The van der Waals surface area contributed by atoms with E-state index in [-0.39, 0.29) is 6.61 Å². The normalized spacial score (nSPS) is 13.2. The summed E-state index contributed by atoms with van der Waals surface area (Å²) in [5.41, 5.74) is 1.22. The first-order valence-corrected chi connectivity index (χ1v) is 13.5. The molecule has 0 radical (unpaired) electrons. The lowest BCUT2D eigenvalue weighted by molar-refractivity contribution is -0.00791. The van der Waals surface area contributed by atoms with Crippen LogP contribution in [0.3, 0.4) is 0 Å². The molecule has 4 aromatic carbocycles. The molecule has 0 heterocycles.